The number of benzene rings is 1. The fraction of sp³-hybridized carbons (Fsp3) is 0.438. The van der Waals surface area contributed by atoms with Crippen molar-refractivity contribution in [2.24, 2.45) is 0 Å². The van der Waals surface area contributed by atoms with Crippen LogP contribution in [0.5, 0.6) is 0 Å². The Kier molecular flexibility index (Phi) is 4.03. The number of hydrogen-bond donors (Lipinski definition) is 1. The van der Waals surface area contributed by atoms with Crippen LogP contribution in [0.3, 0.4) is 0 Å². The number of aliphatic hydroxyl groups is 1. The molecule has 1 N–H and O–H groups in total. The van der Waals surface area contributed by atoms with E-state index in [0.717, 1.165) is 48.1 Å². The van der Waals surface area contributed by atoms with Crippen LogP contribution < -0.4 is 4.90 Å². The zero-order valence-corrected chi connectivity index (χ0v) is 12.6. The molecule has 106 valence electrons. The maximum Gasteiger partial charge on any atom is 0.186 e. The van der Waals surface area contributed by atoms with Gasteiger partial charge in [0.15, 0.2) is 5.13 Å². The van der Waals surface area contributed by atoms with Crippen molar-refractivity contribution in [3.05, 3.63) is 46.5 Å². The monoisotopic (exact) mass is 288 g/mol. The molecule has 3 nitrogen and oxygen atoms in total. The summed E-state index contributed by atoms with van der Waals surface area (Å²) in [5.41, 5.74) is 2.40. The van der Waals surface area contributed by atoms with Crippen LogP contribution in [0.25, 0.3) is 0 Å². The van der Waals surface area contributed by atoms with Crippen molar-refractivity contribution in [2.75, 3.05) is 11.4 Å². The molecule has 1 atom stereocenters. The summed E-state index contributed by atoms with van der Waals surface area (Å²) in [5, 5.41) is 11.1. The van der Waals surface area contributed by atoms with Crippen molar-refractivity contribution in [3.8, 4) is 0 Å². The van der Waals surface area contributed by atoms with E-state index in [-0.39, 0.29) is 6.10 Å². The molecule has 1 unspecified atom stereocenters. The van der Waals surface area contributed by atoms with Gasteiger partial charge in [-0.2, -0.15) is 0 Å². The van der Waals surface area contributed by atoms with Gasteiger partial charge in [0.1, 0.15) is 0 Å². The highest BCUT2D eigenvalue weighted by atomic mass is 32.1. The van der Waals surface area contributed by atoms with Crippen molar-refractivity contribution >= 4 is 16.5 Å². The third-order valence-corrected chi connectivity index (χ3v) is 5.04. The van der Waals surface area contributed by atoms with Gasteiger partial charge in [0.25, 0.3) is 0 Å². The minimum atomic E-state index is -0.305. The number of hydrogen-bond acceptors (Lipinski definition) is 4. The second-order valence-corrected chi connectivity index (χ2v) is 6.22. The molecule has 2 aromatic rings. The first-order valence-electron chi connectivity index (χ1n) is 7.24. The zero-order valence-electron chi connectivity index (χ0n) is 11.7. The molecule has 1 aliphatic rings. The molecule has 3 rings (SSSR count). The Morgan fingerprint density at radius 1 is 1.35 bits per heavy atom. The van der Waals surface area contributed by atoms with E-state index in [2.05, 4.69) is 36.1 Å². The maximum atomic E-state index is 10.1. The number of aryl methyl sites for hydroxylation is 1. The van der Waals surface area contributed by atoms with Crippen LogP contribution in [0.4, 0.5) is 5.13 Å². The fourth-order valence-electron chi connectivity index (χ4n) is 2.64. The Balaban J connectivity index is 1.83. The molecule has 20 heavy (non-hydrogen) atoms. The van der Waals surface area contributed by atoms with Gasteiger partial charge < -0.3 is 10.0 Å². The standard InChI is InChI=1S/C16H20N2OS/c1-2-18(11-12-7-4-3-5-8-12)16-17-13-9-6-10-14(19)15(13)20-16/h3-5,7-8,14,19H,2,6,9-11H2,1H3. The molecule has 0 amide bonds. The summed E-state index contributed by atoms with van der Waals surface area (Å²) >= 11 is 1.66. The Hall–Kier alpha value is -1.39. The highest BCUT2D eigenvalue weighted by Gasteiger charge is 2.24. The Labute approximate surface area is 123 Å². The van der Waals surface area contributed by atoms with Gasteiger partial charge in [-0.25, -0.2) is 4.98 Å². The molecule has 1 heterocycles. The Bertz CT molecular complexity index is 567. The van der Waals surface area contributed by atoms with Crippen LogP contribution in [0.1, 0.15) is 42.0 Å². The summed E-state index contributed by atoms with van der Waals surface area (Å²) in [6.07, 6.45) is 2.62. The van der Waals surface area contributed by atoms with Crippen molar-refractivity contribution in [1.29, 1.82) is 0 Å². The SMILES string of the molecule is CCN(Cc1ccccc1)c1nc2c(s1)C(O)CCC2. The van der Waals surface area contributed by atoms with Gasteiger partial charge in [-0.1, -0.05) is 41.7 Å². The van der Waals surface area contributed by atoms with E-state index < -0.39 is 0 Å². The number of fused-ring (bicyclic) bond motifs is 1. The highest BCUT2D eigenvalue weighted by Crippen LogP contribution is 2.37. The second kappa shape index (κ2) is 5.94. The number of rotatable bonds is 4. The summed E-state index contributed by atoms with van der Waals surface area (Å²) < 4.78 is 0. The molecule has 1 aromatic heterocycles. The lowest BCUT2D eigenvalue weighted by Gasteiger charge is -2.19. The average molecular weight is 288 g/mol. The molecule has 0 spiro atoms. The van der Waals surface area contributed by atoms with Crippen LogP contribution in [-0.4, -0.2) is 16.6 Å². The lowest BCUT2D eigenvalue weighted by atomic mass is 10.0. The molecule has 0 aliphatic heterocycles. The van der Waals surface area contributed by atoms with Crippen molar-refractivity contribution < 1.29 is 5.11 Å². The summed E-state index contributed by atoms with van der Waals surface area (Å²) in [7, 11) is 0. The number of anilines is 1. The van der Waals surface area contributed by atoms with Gasteiger partial charge in [0, 0.05) is 13.1 Å². The predicted octanol–water partition coefficient (Wildman–Crippen LogP) is 3.54. The normalized spacial score (nSPS) is 17.8. The van der Waals surface area contributed by atoms with Crippen LogP contribution in [0, 0.1) is 0 Å². The summed E-state index contributed by atoms with van der Waals surface area (Å²) in [6, 6.07) is 10.5. The molecule has 1 aliphatic carbocycles. The molecular formula is C16H20N2OS. The number of nitrogens with zero attached hydrogens (tertiary/aromatic N) is 2. The third-order valence-electron chi connectivity index (χ3n) is 3.78. The maximum absolute atomic E-state index is 10.1. The largest absolute Gasteiger partial charge is 0.388 e. The van der Waals surface area contributed by atoms with Gasteiger partial charge in [-0.15, -0.1) is 0 Å². The topological polar surface area (TPSA) is 36.4 Å². The first kappa shape index (κ1) is 13.6. The minimum Gasteiger partial charge on any atom is -0.388 e. The highest BCUT2D eigenvalue weighted by molar-refractivity contribution is 7.15. The Morgan fingerprint density at radius 3 is 2.85 bits per heavy atom. The van der Waals surface area contributed by atoms with E-state index in [1.54, 1.807) is 11.3 Å². The number of thiazole rings is 1. The van der Waals surface area contributed by atoms with E-state index in [0.29, 0.717) is 0 Å². The van der Waals surface area contributed by atoms with E-state index in [1.807, 2.05) is 6.07 Å². The van der Waals surface area contributed by atoms with Crippen LogP contribution in [0.15, 0.2) is 30.3 Å². The van der Waals surface area contributed by atoms with E-state index in [9.17, 15) is 5.11 Å². The second-order valence-electron chi connectivity index (χ2n) is 5.22. The molecule has 0 bridgehead atoms. The lowest BCUT2D eigenvalue weighted by Crippen LogP contribution is -2.21. The molecule has 0 radical (unpaired) electrons. The number of aliphatic hydroxyl groups excluding tert-OH is 1. The van der Waals surface area contributed by atoms with Crippen molar-refractivity contribution in [1.82, 2.24) is 4.98 Å². The average Bonchev–Trinajstić information content (AvgIpc) is 2.91. The summed E-state index contributed by atoms with van der Waals surface area (Å²) in [6.45, 7) is 3.96. The molecule has 0 saturated heterocycles. The Morgan fingerprint density at radius 2 is 2.15 bits per heavy atom. The first-order chi connectivity index (χ1) is 9.78. The number of aromatic nitrogens is 1. The minimum absolute atomic E-state index is 0.305. The molecule has 4 heteroatoms. The van der Waals surface area contributed by atoms with Gasteiger partial charge >= 0.3 is 0 Å². The molecule has 0 saturated carbocycles. The summed E-state index contributed by atoms with van der Waals surface area (Å²) in [5.74, 6) is 0. The van der Waals surface area contributed by atoms with Gasteiger partial charge in [0.05, 0.1) is 16.7 Å². The quantitative estimate of drug-likeness (QED) is 0.935. The molecular weight excluding hydrogens is 268 g/mol. The van der Waals surface area contributed by atoms with Gasteiger partial charge in [-0.05, 0) is 31.7 Å². The van der Waals surface area contributed by atoms with Crippen LogP contribution in [0.2, 0.25) is 0 Å². The van der Waals surface area contributed by atoms with E-state index in [4.69, 9.17) is 4.98 Å². The van der Waals surface area contributed by atoms with Crippen molar-refractivity contribution in [3.63, 3.8) is 0 Å². The predicted molar refractivity (Wildman–Crippen MR) is 83.2 cm³/mol. The molecule has 0 fully saturated rings. The molecule has 1 aromatic carbocycles. The first-order valence-corrected chi connectivity index (χ1v) is 8.06. The van der Waals surface area contributed by atoms with Crippen LogP contribution >= 0.6 is 11.3 Å². The lowest BCUT2D eigenvalue weighted by molar-refractivity contribution is 0.160. The fourth-order valence-corrected chi connectivity index (χ4v) is 3.83. The smallest absolute Gasteiger partial charge is 0.186 e. The summed E-state index contributed by atoms with van der Waals surface area (Å²) in [4.78, 5) is 8.12. The van der Waals surface area contributed by atoms with Crippen LogP contribution in [-0.2, 0) is 13.0 Å². The zero-order chi connectivity index (χ0) is 13.9. The van der Waals surface area contributed by atoms with E-state index in [1.165, 1.54) is 5.56 Å². The van der Waals surface area contributed by atoms with Gasteiger partial charge in [-0.3, -0.25) is 0 Å². The third kappa shape index (κ3) is 2.72. The van der Waals surface area contributed by atoms with Crippen molar-refractivity contribution in [2.45, 2.75) is 38.8 Å². The van der Waals surface area contributed by atoms with Gasteiger partial charge in [0.2, 0.25) is 0 Å². The van der Waals surface area contributed by atoms with E-state index >= 15 is 0 Å².